The second-order valence-electron chi connectivity index (χ2n) is 9.63. The second-order valence-corrected chi connectivity index (χ2v) is 10.4. The smallest absolute Gasteiger partial charge is 0.343 e. The van der Waals surface area contributed by atoms with Gasteiger partial charge in [-0.3, -0.25) is 9.78 Å². The van der Waals surface area contributed by atoms with Crippen LogP contribution in [0.4, 0.5) is 13.2 Å². The van der Waals surface area contributed by atoms with E-state index in [1.165, 1.54) is 12.1 Å². The molecule has 0 unspecified atom stereocenters. The molecule has 0 radical (unpaired) electrons. The van der Waals surface area contributed by atoms with Crippen LogP contribution in [0.15, 0.2) is 66.9 Å². The van der Waals surface area contributed by atoms with Crippen molar-refractivity contribution >= 4 is 40.8 Å². The number of nitrogens with zero attached hydrogens (tertiary/aromatic N) is 3. The van der Waals surface area contributed by atoms with E-state index in [1.54, 1.807) is 35.1 Å². The molecule has 0 saturated carbocycles. The number of amides is 1. The van der Waals surface area contributed by atoms with Crippen LogP contribution >= 0.6 is 23.2 Å². The molecule has 40 heavy (non-hydrogen) atoms. The Labute approximate surface area is 239 Å². The Hall–Kier alpha value is -3.62. The molecule has 1 N–H and O–H groups in total. The molecule has 0 bridgehead atoms. The Bertz CT molecular complexity index is 1560. The zero-order valence-electron chi connectivity index (χ0n) is 21.5. The highest BCUT2D eigenvalue weighted by molar-refractivity contribution is 6.42. The predicted octanol–water partition coefficient (Wildman–Crippen LogP) is 8.35. The van der Waals surface area contributed by atoms with Gasteiger partial charge in [0.15, 0.2) is 5.69 Å². The summed E-state index contributed by atoms with van der Waals surface area (Å²) in [4.78, 5) is 17.9. The van der Waals surface area contributed by atoms with Gasteiger partial charge in [-0.1, -0.05) is 41.4 Å². The number of aromatic nitrogens is 3. The molecule has 0 saturated heterocycles. The van der Waals surface area contributed by atoms with Gasteiger partial charge in [0.1, 0.15) is 0 Å². The molecule has 1 atom stereocenters. The van der Waals surface area contributed by atoms with Gasteiger partial charge < -0.3 is 5.32 Å². The largest absolute Gasteiger partial charge is 0.416 e. The maximum absolute atomic E-state index is 13.6. The molecular formula is C30H25Cl2F3N4O. The fourth-order valence-corrected chi connectivity index (χ4v) is 5.11. The molecule has 2 aromatic carbocycles. The van der Waals surface area contributed by atoms with Crippen LogP contribution in [0.5, 0.6) is 0 Å². The highest BCUT2D eigenvalue weighted by Crippen LogP contribution is 2.37. The van der Waals surface area contributed by atoms with Crippen molar-refractivity contribution in [2.45, 2.75) is 44.8 Å². The Morgan fingerprint density at radius 3 is 2.45 bits per heavy atom. The molecule has 5 rings (SSSR count). The minimum absolute atomic E-state index is 0.282. The molecule has 1 aliphatic carbocycles. The molecular weight excluding hydrogens is 560 g/mol. The van der Waals surface area contributed by atoms with Gasteiger partial charge in [-0.15, -0.1) is 0 Å². The summed E-state index contributed by atoms with van der Waals surface area (Å²) in [5, 5.41) is 8.47. The second kappa shape index (κ2) is 11.5. The van der Waals surface area contributed by atoms with Gasteiger partial charge in [-0.05, 0) is 92.3 Å². The summed E-state index contributed by atoms with van der Waals surface area (Å²) in [5.41, 5.74) is 3.88. The van der Waals surface area contributed by atoms with Crippen molar-refractivity contribution in [1.82, 2.24) is 20.1 Å². The molecule has 206 valence electrons. The quantitative estimate of drug-likeness (QED) is 0.240. The van der Waals surface area contributed by atoms with Crippen molar-refractivity contribution in [3.8, 4) is 5.69 Å². The maximum atomic E-state index is 13.6. The highest BCUT2D eigenvalue weighted by atomic mass is 35.5. The van der Waals surface area contributed by atoms with Crippen molar-refractivity contribution in [2.75, 3.05) is 0 Å². The molecule has 1 aliphatic rings. The first-order valence-corrected chi connectivity index (χ1v) is 13.5. The molecule has 0 spiro atoms. The number of pyridine rings is 1. The SMILES string of the molecule is C[C@@H](NC(=O)c1nn(-c2ccc(Cl)c(Cl)c2)c2c1CCCC/C2=C\c1ccc(C(F)(F)F)cc1)c1ccccn1. The Morgan fingerprint density at radius 2 is 1.77 bits per heavy atom. The summed E-state index contributed by atoms with van der Waals surface area (Å²) < 4.78 is 41.0. The molecule has 2 aromatic heterocycles. The molecule has 0 aliphatic heterocycles. The van der Waals surface area contributed by atoms with Gasteiger partial charge in [0.2, 0.25) is 0 Å². The number of carbonyl (C=O) groups excluding carboxylic acids is 1. The Kier molecular flexibility index (Phi) is 8.01. The number of carbonyl (C=O) groups is 1. The number of allylic oxidation sites excluding steroid dienone is 1. The third kappa shape index (κ3) is 5.93. The maximum Gasteiger partial charge on any atom is 0.416 e. The van der Waals surface area contributed by atoms with E-state index in [1.807, 2.05) is 25.1 Å². The van der Waals surface area contributed by atoms with Crippen LogP contribution in [-0.4, -0.2) is 20.7 Å². The van der Waals surface area contributed by atoms with E-state index in [0.717, 1.165) is 41.8 Å². The summed E-state index contributed by atoms with van der Waals surface area (Å²) >= 11 is 12.5. The van der Waals surface area contributed by atoms with E-state index in [9.17, 15) is 18.0 Å². The summed E-state index contributed by atoms with van der Waals surface area (Å²) in [6.07, 6.45) is 2.05. The first-order chi connectivity index (χ1) is 19.1. The van der Waals surface area contributed by atoms with E-state index in [4.69, 9.17) is 28.3 Å². The third-order valence-corrected chi connectivity index (χ3v) is 7.57. The van der Waals surface area contributed by atoms with Crippen molar-refractivity contribution in [3.05, 3.63) is 111 Å². The van der Waals surface area contributed by atoms with E-state index in [-0.39, 0.29) is 17.6 Å². The molecule has 10 heteroatoms. The lowest BCUT2D eigenvalue weighted by Crippen LogP contribution is -2.28. The summed E-state index contributed by atoms with van der Waals surface area (Å²) in [6, 6.07) is 15.3. The van der Waals surface area contributed by atoms with Crippen LogP contribution < -0.4 is 5.32 Å². The number of nitrogens with one attached hydrogen (secondary N) is 1. The zero-order valence-corrected chi connectivity index (χ0v) is 23.0. The van der Waals surface area contributed by atoms with Gasteiger partial charge in [0.05, 0.1) is 38.7 Å². The Morgan fingerprint density at radius 1 is 1.02 bits per heavy atom. The van der Waals surface area contributed by atoms with Gasteiger partial charge in [-0.2, -0.15) is 18.3 Å². The van der Waals surface area contributed by atoms with Crippen LogP contribution in [0, 0.1) is 0 Å². The predicted molar refractivity (Wildman–Crippen MR) is 151 cm³/mol. The van der Waals surface area contributed by atoms with E-state index < -0.39 is 11.7 Å². The van der Waals surface area contributed by atoms with Crippen LogP contribution in [0.3, 0.4) is 0 Å². The fourth-order valence-electron chi connectivity index (χ4n) is 4.82. The van der Waals surface area contributed by atoms with Crippen LogP contribution in [0.25, 0.3) is 17.3 Å². The van der Waals surface area contributed by atoms with Crippen molar-refractivity contribution < 1.29 is 18.0 Å². The van der Waals surface area contributed by atoms with Crippen LogP contribution in [0.2, 0.25) is 10.0 Å². The first kappa shape index (κ1) is 27.9. The van der Waals surface area contributed by atoms with Gasteiger partial charge in [0.25, 0.3) is 5.91 Å². The van der Waals surface area contributed by atoms with Crippen molar-refractivity contribution in [3.63, 3.8) is 0 Å². The fraction of sp³-hybridized carbons (Fsp3) is 0.233. The molecule has 0 fully saturated rings. The lowest BCUT2D eigenvalue weighted by Gasteiger charge is -2.13. The lowest BCUT2D eigenvalue weighted by molar-refractivity contribution is -0.137. The molecule has 1 amide bonds. The van der Waals surface area contributed by atoms with Gasteiger partial charge in [-0.25, -0.2) is 4.68 Å². The van der Waals surface area contributed by atoms with Gasteiger partial charge >= 0.3 is 6.18 Å². The average molecular weight is 585 g/mol. The molecule has 5 nitrogen and oxygen atoms in total. The van der Waals surface area contributed by atoms with Crippen molar-refractivity contribution in [1.29, 1.82) is 0 Å². The standard InChI is InChI=1S/C30H25Cl2F3N4O/c1-18(26-8-4-5-15-36-26)37-29(40)27-23-7-3-2-6-20(16-19-9-11-21(12-10-19)30(33,34)35)28(23)39(38-27)22-13-14-24(31)25(32)17-22/h4-5,8-18H,2-3,6-7H2,1H3,(H,37,40)/b20-16+/t18-/m1/s1. The monoisotopic (exact) mass is 584 g/mol. The number of alkyl halides is 3. The zero-order chi connectivity index (χ0) is 28.4. The van der Waals surface area contributed by atoms with E-state index in [2.05, 4.69) is 10.3 Å². The topological polar surface area (TPSA) is 59.8 Å². The number of hydrogen-bond donors (Lipinski definition) is 1. The molecule has 4 aromatic rings. The lowest BCUT2D eigenvalue weighted by atomic mass is 10.0. The van der Waals surface area contributed by atoms with Crippen LogP contribution in [0.1, 0.15) is 70.8 Å². The number of hydrogen-bond acceptors (Lipinski definition) is 3. The summed E-state index contributed by atoms with van der Waals surface area (Å²) in [7, 11) is 0. The summed E-state index contributed by atoms with van der Waals surface area (Å²) in [5.74, 6) is -0.344. The number of halogens is 5. The van der Waals surface area contributed by atoms with Gasteiger partial charge in [0, 0.05) is 11.8 Å². The minimum atomic E-state index is -4.41. The number of benzene rings is 2. The number of fused-ring (bicyclic) bond motifs is 1. The van der Waals surface area contributed by atoms with E-state index >= 15 is 0 Å². The minimum Gasteiger partial charge on any atom is -0.343 e. The first-order valence-electron chi connectivity index (χ1n) is 12.8. The highest BCUT2D eigenvalue weighted by Gasteiger charge is 2.31. The number of rotatable bonds is 5. The van der Waals surface area contributed by atoms with E-state index in [0.29, 0.717) is 39.8 Å². The molecule has 2 heterocycles. The average Bonchev–Trinajstić information content (AvgIpc) is 3.20. The third-order valence-electron chi connectivity index (χ3n) is 6.83. The summed E-state index contributed by atoms with van der Waals surface area (Å²) in [6.45, 7) is 1.85. The Balaban J connectivity index is 1.61. The van der Waals surface area contributed by atoms with Crippen molar-refractivity contribution in [2.24, 2.45) is 0 Å². The normalized spacial score (nSPS) is 15.4. The van der Waals surface area contributed by atoms with Crippen LogP contribution in [-0.2, 0) is 12.6 Å².